The number of hydrogen-bond acceptors (Lipinski definition) is 5. The average molecular weight is 367 g/mol. The summed E-state index contributed by atoms with van der Waals surface area (Å²) in [7, 11) is 1.51. The van der Waals surface area contributed by atoms with Gasteiger partial charge in [-0.2, -0.15) is 0 Å². The SMILES string of the molecule is COc1ccc2c(c1)N(C(=O)Oc1ccccc1)CC[C@@]21NC(=O)NC1=O. The highest BCUT2D eigenvalue weighted by molar-refractivity contribution is 6.09. The van der Waals surface area contributed by atoms with Crippen LogP contribution in [0.15, 0.2) is 48.5 Å². The highest BCUT2D eigenvalue weighted by Crippen LogP contribution is 2.42. The number of ether oxygens (including phenoxy) is 2. The molecule has 1 saturated heterocycles. The molecule has 1 fully saturated rings. The van der Waals surface area contributed by atoms with Gasteiger partial charge in [-0.25, -0.2) is 9.59 Å². The molecule has 8 heteroatoms. The summed E-state index contributed by atoms with van der Waals surface area (Å²) in [5.74, 6) is 0.502. The van der Waals surface area contributed by atoms with Crippen molar-refractivity contribution in [3.63, 3.8) is 0 Å². The zero-order chi connectivity index (χ0) is 19.0. The Kier molecular flexibility index (Phi) is 3.95. The molecular formula is C19H17N3O5. The first-order valence-electron chi connectivity index (χ1n) is 8.40. The molecule has 0 radical (unpaired) electrons. The number of hydrogen-bond donors (Lipinski definition) is 2. The molecule has 0 aliphatic carbocycles. The number of benzene rings is 2. The third-order valence-electron chi connectivity index (χ3n) is 4.78. The maximum Gasteiger partial charge on any atom is 0.419 e. The van der Waals surface area contributed by atoms with Crippen LogP contribution in [-0.2, 0) is 10.3 Å². The van der Waals surface area contributed by atoms with E-state index in [9.17, 15) is 14.4 Å². The lowest BCUT2D eigenvalue weighted by atomic mass is 9.82. The molecule has 0 bridgehead atoms. The Morgan fingerprint density at radius 1 is 1.11 bits per heavy atom. The molecule has 4 rings (SSSR count). The molecule has 138 valence electrons. The molecule has 2 aliphatic heterocycles. The minimum absolute atomic E-state index is 0.194. The van der Waals surface area contributed by atoms with Crippen molar-refractivity contribution in [1.29, 1.82) is 0 Å². The van der Waals surface area contributed by atoms with Crippen LogP contribution in [0.3, 0.4) is 0 Å². The smallest absolute Gasteiger partial charge is 0.419 e. The van der Waals surface area contributed by atoms with Crippen molar-refractivity contribution < 1.29 is 23.9 Å². The second-order valence-corrected chi connectivity index (χ2v) is 6.28. The number of methoxy groups -OCH3 is 1. The fourth-order valence-electron chi connectivity index (χ4n) is 3.45. The van der Waals surface area contributed by atoms with E-state index in [-0.39, 0.29) is 13.0 Å². The van der Waals surface area contributed by atoms with E-state index in [0.29, 0.717) is 22.7 Å². The summed E-state index contributed by atoms with van der Waals surface area (Å²) in [5, 5.41) is 4.98. The predicted molar refractivity (Wildman–Crippen MR) is 95.8 cm³/mol. The number of nitrogens with zero attached hydrogens (tertiary/aromatic N) is 1. The fourth-order valence-corrected chi connectivity index (χ4v) is 3.45. The van der Waals surface area contributed by atoms with E-state index >= 15 is 0 Å². The first-order chi connectivity index (χ1) is 13.0. The lowest BCUT2D eigenvalue weighted by molar-refractivity contribution is -0.124. The zero-order valence-electron chi connectivity index (χ0n) is 14.5. The van der Waals surface area contributed by atoms with Crippen molar-refractivity contribution in [2.75, 3.05) is 18.6 Å². The summed E-state index contributed by atoms with van der Waals surface area (Å²) in [6, 6.07) is 13.2. The fraction of sp³-hybridized carbons (Fsp3) is 0.211. The van der Waals surface area contributed by atoms with Gasteiger partial charge >= 0.3 is 12.1 Å². The first-order valence-corrected chi connectivity index (χ1v) is 8.40. The normalized spacial score (nSPS) is 20.7. The first kappa shape index (κ1) is 16.9. The second kappa shape index (κ2) is 6.31. The van der Waals surface area contributed by atoms with Crippen LogP contribution in [0.1, 0.15) is 12.0 Å². The molecule has 8 nitrogen and oxygen atoms in total. The molecule has 2 aliphatic rings. The summed E-state index contributed by atoms with van der Waals surface area (Å²) < 4.78 is 10.7. The van der Waals surface area contributed by atoms with Crippen LogP contribution < -0.4 is 25.0 Å². The number of para-hydroxylation sites is 1. The average Bonchev–Trinajstić information content (AvgIpc) is 2.96. The standard InChI is InChI=1S/C19H17N3O5/c1-26-13-7-8-14-15(11-13)22(18(25)27-12-5-3-2-4-6-12)10-9-19(14)16(23)20-17(24)21-19/h2-8,11H,9-10H2,1H3,(H2,20,21,23,24)/t19-/m1/s1. The third-order valence-corrected chi connectivity index (χ3v) is 4.78. The van der Waals surface area contributed by atoms with Gasteiger partial charge in [0.2, 0.25) is 0 Å². The van der Waals surface area contributed by atoms with E-state index in [1.807, 2.05) is 6.07 Å². The van der Waals surface area contributed by atoms with Crippen molar-refractivity contribution in [2.24, 2.45) is 0 Å². The lowest BCUT2D eigenvalue weighted by Crippen LogP contribution is -2.52. The number of carbonyl (C=O) groups is 3. The molecule has 2 heterocycles. The van der Waals surface area contributed by atoms with Gasteiger partial charge in [-0.1, -0.05) is 24.3 Å². The van der Waals surface area contributed by atoms with Gasteiger partial charge in [-0.3, -0.25) is 15.0 Å². The Morgan fingerprint density at radius 2 is 1.89 bits per heavy atom. The van der Waals surface area contributed by atoms with Gasteiger partial charge in [0.25, 0.3) is 5.91 Å². The number of anilines is 1. The minimum Gasteiger partial charge on any atom is -0.497 e. The van der Waals surface area contributed by atoms with Crippen LogP contribution in [0.4, 0.5) is 15.3 Å². The molecule has 2 aromatic rings. The summed E-state index contributed by atoms with van der Waals surface area (Å²) >= 11 is 0. The van der Waals surface area contributed by atoms with E-state index in [0.717, 1.165) is 0 Å². The maximum atomic E-state index is 12.8. The number of rotatable bonds is 2. The van der Waals surface area contributed by atoms with Gasteiger partial charge in [-0.05, 0) is 18.2 Å². The summed E-state index contributed by atoms with van der Waals surface area (Å²) in [5.41, 5.74) is -0.232. The molecule has 0 aromatic heterocycles. The lowest BCUT2D eigenvalue weighted by Gasteiger charge is -2.38. The summed E-state index contributed by atoms with van der Waals surface area (Å²) in [4.78, 5) is 38.4. The van der Waals surface area contributed by atoms with E-state index in [1.54, 1.807) is 42.5 Å². The Hall–Kier alpha value is -3.55. The molecule has 0 unspecified atom stereocenters. The molecule has 2 aromatic carbocycles. The Labute approximate surface area is 155 Å². The van der Waals surface area contributed by atoms with Gasteiger partial charge in [0.15, 0.2) is 0 Å². The van der Waals surface area contributed by atoms with Crippen molar-refractivity contribution in [1.82, 2.24) is 10.6 Å². The van der Waals surface area contributed by atoms with E-state index < -0.39 is 23.6 Å². The van der Waals surface area contributed by atoms with Crippen LogP contribution in [0.5, 0.6) is 11.5 Å². The number of fused-ring (bicyclic) bond motifs is 2. The van der Waals surface area contributed by atoms with Crippen molar-refractivity contribution >= 4 is 23.7 Å². The van der Waals surface area contributed by atoms with E-state index in [2.05, 4.69) is 10.6 Å². The number of imide groups is 1. The Balaban J connectivity index is 1.74. The maximum absolute atomic E-state index is 12.8. The second-order valence-electron chi connectivity index (χ2n) is 6.28. The van der Waals surface area contributed by atoms with Gasteiger partial charge in [-0.15, -0.1) is 0 Å². The number of urea groups is 1. The number of amides is 4. The quantitative estimate of drug-likeness (QED) is 0.793. The topological polar surface area (TPSA) is 97.0 Å². The van der Waals surface area contributed by atoms with Crippen LogP contribution in [-0.4, -0.2) is 31.7 Å². The highest BCUT2D eigenvalue weighted by Gasteiger charge is 2.52. The van der Waals surface area contributed by atoms with Crippen molar-refractivity contribution in [2.45, 2.75) is 12.0 Å². The molecule has 27 heavy (non-hydrogen) atoms. The van der Waals surface area contributed by atoms with Crippen molar-refractivity contribution in [3.05, 3.63) is 54.1 Å². The van der Waals surface area contributed by atoms with Crippen molar-refractivity contribution in [3.8, 4) is 11.5 Å². The number of carbonyl (C=O) groups excluding carboxylic acids is 3. The highest BCUT2D eigenvalue weighted by atomic mass is 16.6. The summed E-state index contributed by atoms with van der Waals surface area (Å²) in [6.45, 7) is 0.194. The minimum atomic E-state index is -1.21. The van der Waals surface area contributed by atoms with Crippen LogP contribution >= 0.6 is 0 Å². The van der Waals surface area contributed by atoms with E-state index in [1.165, 1.54) is 12.0 Å². The molecule has 2 N–H and O–H groups in total. The van der Waals surface area contributed by atoms with E-state index in [4.69, 9.17) is 9.47 Å². The molecular weight excluding hydrogens is 350 g/mol. The van der Waals surface area contributed by atoms with Crippen LogP contribution in [0.2, 0.25) is 0 Å². The van der Waals surface area contributed by atoms with Gasteiger partial charge in [0.05, 0.1) is 12.8 Å². The van der Waals surface area contributed by atoms with Gasteiger partial charge < -0.3 is 14.8 Å². The largest absolute Gasteiger partial charge is 0.497 e. The van der Waals surface area contributed by atoms with Gasteiger partial charge in [0, 0.05) is 24.6 Å². The molecule has 1 atom stereocenters. The van der Waals surface area contributed by atoms with Crippen LogP contribution in [0, 0.1) is 0 Å². The monoisotopic (exact) mass is 367 g/mol. The Morgan fingerprint density at radius 3 is 2.56 bits per heavy atom. The van der Waals surface area contributed by atoms with Gasteiger partial charge in [0.1, 0.15) is 17.0 Å². The zero-order valence-corrected chi connectivity index (χ0v) is 14.5. The molecule has 1 spiro atoms. The number of nitrogens with one attached hydrogen (secondary N) is 2. The third kappa shape index (κ3) is 2.75. The molecule has 0 saturated carbocycles. The van der Waals surface area contributed by atoms with Crippen LogP contribution in [0.25, 0.3) is 0 Å². The Bertz CT molecular complexity index is 930. The summed E-state index contributed by atoms with van der Waals surface area (Å²) in [6.07, 6.45) is -0.344. The predicted octanol–water partition coefficient (Wildman–Crippen LogP) is 2.14. The molecule has 4 amide bonds.